The normalized spacial score (nSPS) is 13.6. The summed E-state index contributed by atoms with van der Waals surface area (Å²) < 4.78 is 9.00. The van der Waals surface area contributed by atoms with Crippen molar-refractivity contribution < 1.29 is 25.8 Å². The molecule has 5 nitrogen and oxygen atoms in total. The summed E-state index contributed by atoms with van der Waals surface area (Å²) >= 11 is 0. The van der Waals surface area contributed by atoms with Crippen LogP contribution < -0.4 is 14.5 Å². The fourth-order valence-electron chi connectivity index (χ4n) is 7.57. The Bertz CT molecular complexity index is 2610. The number of hydrogen-bond acceptors (Lipinski definition) is 4. The molecular weight excluding hydrogens is 892 g/mol. The Morgan fingerprint density at radius 1 is 0.534 bits per heavy atom. The number of pyridine rings is 1. The fraction of sp³-hybridized carbons (Fsp3) is 0.308. The topological polar surface area (TPSA) is 33.5 Å². The van der Waals surface area contributed by atoms with Crippen LogP contribution in [-0.2, 0) is 42.7 Å². The molecule has 0 saturated heterocycles. The van der Waals surface area contributed by atoms with E-state index >= 15 is 0 Å². The average Bonchev–Trinajstić information content (AvgIpc) is 3.69. The molecule has 5 aromatic carbocycles. The van der Waals surface area contributed by atoms with Crippen molar-refractivity contribution in [1.29, 1.82) is 0 Å². The molecule has 58 heavy (non-hydrogen) atoms. The van der Waals surface area contributed by atoms with E-state index in [4.69, 9.17) is 9.72 Å². The second-order valence-corrected chi connectivity index (χ2v) is 19.7. The van der Waals surface area contributed by atoms with Crippen LogP contribution in [0.5, 0.6) is 11.5 Å². The standard InChI is InChI=1S/C52H55N4O.Pt/c1-49(2,3)34-23-24-53-48(30-34)56-44-18-14-13-17-42(44)43-22-21-40(32-47(43)56)57-41-29-37(52(10,11)12)28-39(31-41)55-33-54(45-19-15-16-20-46(45)55)38-26-35(50(4,5)6)25-36(27-38)51(7,8)9;/h13-30,33H,1-12H3;/q-3;. The molecule has 0 amide bonds. The third-order valence-electron chi connectivity index (χ3n) is 11.1. The van der Waals surface area contributed by atoms with Crippen LogP contribution in [0.3, 0.4) is 0 Å². The van der Waals surface area contributed by atoms with Crippen molar-refractivity contribution in [2.75, 3.05) is 9.80 Å². The minimum Gasteiger partial charge on any atom is -0.509 e. The zero-order valence-corrected chi connectivity index (χ0v) is 38.3. The number of nitrogens with zero attached hydrogens (tertiary/aromatic N) is 4. The maximum Gasteiger partial charge on any atom is 0.135 e. The van der Waals surface area contributed by atoms with Gasteiger partial charge in [-0.3, -0.25) is 0 Å². The number of hydrogen-bond donors (Lipinski definition) is 0. The van der Waals surface area contributed by atoms with Gasteiger partial charge in [-0.25, -0.2) is 4.98 Å². The van der Waals surface area contributed by atoms with Gasteiger partial charge in [-0.05, 0) is 86.2 Å². The minimum atomic E-state index is -0.145. The minimum absolute atomic E-state index is 0. The van der Waals surface area contributed by atoms with Gasteiger partial charge in [0.1, 0.15) is 5.82 Å². The molecule has 3 heterocycles. The number of fused-ring (bicyclic) bond motifs is 4. The van der Waals surface area contributed by atoms with E-state index in [9.17, 15) is 0 Å². The number of anilines is 4. The Morgan fingerprint density at radius 2 is 1.12 bits per heavy atom. The van der Waals surface area contributed by atoms with Crippen molar-refractivity contribution in [3.05, 3.63) is 150 Å². The van der Waals surface area contributed by atoms with Crippen molar-refractivity contribution in [2.24, 2.45) is 0 Å². The van der Waals surface area contributed by atoms with Crippen molar-refractivity contribution in [3.63, 3.8) is 0 Å². The Morgan fingerprint density at radius 3 is 1.76 bits per heavy atom. The van der Waals surface area contributed by atoms with Gasteiger partial charge in [0.25, 0.3) is 0 Å². The van der Waals surface area contributed by atoms with Crippen LogP contribution in [0.1, 0.15) is 105 Å². The van der Waals surface area contributed by atoms with E-state index in [2.05, 4.69) is 213 Å². The van der Waals surface area contributed by atoms with Crippen molar-refractivity contribution >= 4 is 44.6 Å². The average molecular weight is 947 g/mol. The fourth-order valence-corrected chi connectivity index (χ4v) is 7.57. The molecule has 1 aliphatic rings. The van der Waals surface area contributed by atoms with Crippen LogP contribution in [-0.4, -0.2) is 9.55 Å². The van der Waals surface area contributed by atoms with Gasteiger partial charge in [0.2, 0.25) is 0 Å². The third-order valence-corrected chi connectivity index (χ3v) is 11.1. The van der Waals surface area contributed by atoms with E-state index in [1.54, 1.807) is 0 Å². The zero-order chi connectivity index (χ0) is 40.7. The first-order chi connectivity index (χ1) is 26.8. The summed E-state index contributed by atoms with van der Waals surface area (Å²) in [6.07, 6.45) is 1.91. The smallest absolute Gasteiger partial charge is 0.135 e. The quantitative estimate of drug-likeness (QED) is 0.161. The summed E-state index contributed by atoms with van der Waals surface area (Å²) in [5, 5.41) is 2.25. The van der Waals surface area contributed by atoms with Crippen LogP contribution in [0.15, 0.2) is 109 Å². The molecule has 0 fully saturated rings. The van der Waals surface area contributed by atoms with E-state index in [1.165, 1.54) is 16.7 Å². The van der Waals surface area contributed by atoms with E-state index < -0.39 is 0 Å². The second kappa shape index (κ2) is 14.8. The zero-order valence-electron chi connectivity index (χ0n) is 36.0. The number of aromatic nitrogens is 2. The van der Waals surface area contributed by atoms with Crippen molar-refractivity contribution in [1.82, 2.24) is 9.55 Å². The SMILES string of the molecule is CC(C)(C)c1cc(Oc2[c-]c3c(cc2)c2ccccc2n3-c2cc(C(C)(C)C)ccn2)[c-]c(N2[CH-]N(c3cc(C(C)(C)C)cc(C(C)(C)C)c3)c3ccccc32)c1.[Pt]. The summed E-state index contributed by atoms with van der Waals surface area (Å²) in [7, 11) is 0. The first-order valence-electron chi connectivity index (χ1n) is 20.1. The Hall–Kier alpha value is -4.86. The first-order valence-corrected chi connectivity index (χ1v) is 20.1. The van der Waals surface area contributed by atoms with Gasteiger partial charge in [-0.1, -0.05) is 125 Å². The summed E-state index contributed by atoms with van der Waals surface area (Å²) in [6, 6.07) is 44.3. The number of ether oxygens (including phenoxy) is 1. The maximum atomic E-state index is 6.79. The molecular formula is C52H55N4OPt-3. The Balaban J connectivity index is 0.00000512. The molecule has 0 spiro atoms. The van der Waals surface area contributed by atoms with Crippen LogP contribution in [0, 0.1) is 18.8 Å². The first kappa shape index (κ1) is 41.3. The molecule has 0 aliphatic carbocycles. The third kappa shape index (κ3) is 7.83. The molecule has 0 N–H and O–H groups in total. The van der Waals surface area contributed by atoms with Crippen molar-refractivity contribution in [3.8, 4) is 17.3 Å². The number of rotatable bonds is 5. The molecule has 0 unspecified atom stereocenters. The molecule has 1 aliphatic heterocycles. The molecule has 6 heteroatoms. The molecule has 302 valence electrons. The predicted octanol–water partition coefficient (Wildman–Crippen LogP) is 14.2. The molecule has 0 radical (unpaired) electrons. The van der Waals surface area contributed by atoms with E-state index in [0.717, 1.165) is 55.9 Å². The molecule has 0 saturated carbocycles. The van der Waals surface area contributed by atoms with Gasteiger partial charge in [-0.2, -0.15) is 6.07 Å². The summed E-state index contributed by atoms with van der Waals surface area (Å²) in [4.78, 5) is 9.43. The van der Waals surface area contributed by atoms with Crippen LogP contribution >= 0.6 is 0 Å². The summed E-state index contributed by atoms with van der Waals surface area (Å²) in [5.74, 6) is 2.12. The Labute approximate surface area is 360 Å². The molecule has 0 atom stereocenters. The summed E-state index contributed by atoms with van der Waals surface area (Å²) in [6.45, 7) is 29.4. The number of para-hydroxylation sites is 3. The molecule has 8 rings (SSSR count). The van der Waals surface area contributed by atoms with E-state index in [-0.39, 0.29) is 42.7 Å². The molecule has 2 aromatic heterocycles. The van der Waals surface area contributed by atoms with Gasteiger partial charge in [0.15, 0.2) is 0 Å². The maximum absolute atomic E-state index is 6.79. The van der Waals surface area contributed by atoms with Crippen LogP contribution in [0.4, 0.5) is 22.7 Å². The second-order valence-electron chi connectivity index (χ2n) is 19.7. The van der Waals surface area contributed by atoms with Gasteiger partial charge < -0.3 is 19.1 Å². The number of benzene rings is 5. The predicted molar refractivity (Wildman–Crippen MR) is 239 cm³/mol. The largest absolute Gasteiger partial charge is 0.509 e. The van der Waals surface area contributed by atoms with Crippen molar-refractivity contribution in [2.45, 2.75) is 105 Å². The van der Waals surface area contributed by atoms with Gasteiger partial charge in [0, 0.05) is 61.3 Å². The molecule has 7 aromatic rings. The Kier molecular flexibility index (Phi) is 10.5. The van der Waals surface area contributed by atoms with Gasteiger partial charge in [-0.15, -0.1) is 53.6 Å². The van der Waals surface area contributed by atoms with Gasteiger partial charge in [0.05, 0.1) is 0 Å². The summed E-state index contributed by atoms with van der Waals surface area (Å²) in [5.41, 5.74) is 11.1. The monoisotopic (exact) mass is 946 g/mol. The van der Waals surface area contributed by atoms with E-state index in [0.29, 0.717) is 11.5 Å². The molecule has 0 bridgehead atoms. The van der Waals surface area contributed by atoms with Crippen LogP contribution in [0.25, 0.3) is 27.6 Å². The van der Waals surface area contributed by atoms with Crippen LogP contribution in [0.2, 0.25) is 0 Å². The van der Waals surface area contributed by atoms with Gasteiger partial charge >= 0.3 is 0 Å². The van der Waals surface area contributed by atoms with E-state index in [1.807, 2.05) is 12.3 Å².